The van der Waals surface area contributed by atoms with Gasteiger partial charge in [-0.25, -0.2) is 0 Å². The summed E-state index contributed by atoms with van der Waals surface area (Å²) in [5.74, 6) is -1.84. The summed E-state index contributed by atoms with van der Waals surface area (Å²) in [5.41, 5.74) is -3.15. The van der Waals surface area contributed by atoms with Crippen LogP contribution in [0.15, 0.2) is 0 Å². The first-order chi connectivity index (χ1) is 26.3. The molecule has 13 heteroatoms. The van der Waals surface area contributed by atoms with Gasteiger partial charge >= 0.3 is 5.97 Å². The highest BCUT2D eigenvalue weighted by molar-refractivity contribution is 6.74. The molecule has 3 aliphatic heterocycles. The molecule has 2 unspecified atom stereocenters. The highest BCUT2D eigenvalue weighted by Crippen LogP contribution is 2.45. The fourth-order valence-corrected chi connectivity index (χ4v) is 11.0. The number of hydrogen-bond donors (Lipinski definition) is 3. The van der Waals surface area contributed by atoms with Crippen LogP contribution >= 0.6 is 0 Å². The first-order valence-corrected chi connectivity index (χ1v) is 25.2. The number of cyclic esters (lactones) is 1. The smallest absolute Gasteiger partial charge is 0.311 e. The third-order valence-electron chi connectivity index (χ3n) is 14.9. The maximum absolute atomic E-state index is 14.7. The number of nitrogens with zero attached hydrogens (tertiary/aromatic N) is 2. The second-order valence-electron chi connectivity index (χ2n) is 21.8. The van der Waals surface area contributed by atoms with Crippen molar-refractivity contribution in [2.24, 2.45) is 29.1 Å². The van der Waals surface area contributed by atoms with Crippen molar-refractivity contribution in [2.45, 2.75) is 226 Å². The molecule has 0 aromatic heterocycles. The van der Waals surface area contributed by atoms with Crippen molar-refractivity contribution in [1.82, 2.24) is 9.80 Å². The van der Waals surface area contributed by atoms with Crippen LogP contribution in [0.5, 0.6) is 0 Å². The van der Waals surface area contributed by atoms with Gasteiger partial charge in [0, 0.05) is 31.0 Å². The number of hydrogen-bond acceptors (Lipinski definition) is 12. The predicted molar refractivity (Wildman–Crippen MR) is 232 cm³/mol. The molecule has 3 N–H and O–H groups in total. The average Bonchev–Trinajstić information content (AvgIpc) is 3.08. The Bertz CT molecular complexity index is 1320. The normalized spacial score (nSPS) is 44.7. The van der Waals surface area contributed by atoms with Gasteiger partial charge in [0.05, 0.1) is 42.0 Å². The fraction of sp³-hybridized carbons (Fsp3) is 0.978. The summed E-state index contributed by atoms with van der Waals surface area (Å²) in [4.78, 5) is 18.9. The summed E-state index contributed by atoms with van der Waals surface area (Å²) in [7, 11) is 3.42. The van der Waals surface area contributed by atoms with Crippen LogP contribution in [0.4, 0.5) is 0 Å². The summed E-state index contributed by atoms with van der Waals surface area (Å²) < 4.78 is 40.2. The molecular formula is C45H88N2O10Si. The van der Waals surface area contributed by atoms with E-state index in [1.807, 2.05) is 46.8 Å². The first-order valence-electron chi connectivity index (χ1n) is 22.3. The van der Waals surface area contributed by atoms with E-state index in [2.05, 4.69) is 80.3 Å². The van der Waals surface area contributed by atoms with Crippen LogP contribution in [-0.2, 0) is 32.9 Å². The van der Waals surface area contributed by atoms with Crippen molar-refractivity contribution < 1.29 is 48.2 Å². The second-order valence-corrected chi connectivity index (χ2v) is 26.6. The largest absolute Gasteiger partial charge is 0.459 e. The SMILES string of the molecule is CC[C@H]1OC(=O)[C@H](C)[C@@H](OC2CC(C)(C)[C@@H](C)[C@H](C)O2)[C@H](C)[C@@H](OC2O[C@H](C)C[C@H](N(C)C)[C@H]2O)[C@](C)(O)C[C@@H](C)CN(C)[C@H](C)[C@@H](O[Si](C)(C)C(C)(C)C)[C@]1(C)O. The Balaban J connectivity index is 2.23. The van der Waals surface area contributed by atoms with E-state index in [1.54, 1.807) is 20.8 Å². The highest BCUT2D eigenvalue weighted by Gasteiger charge is 2.54. The first kappa shape index (κ1) is 51.6. The van der Waals surface area contributed by atoms with Crippen LogP contribution in [0.1, 0.15) is 130 Å². The van der Waals surface area contributed by atoms with Crippen molar-refractivity contribution in [3.8, 4) is 0 Å². The molecule has 0 saturated carbocycles. The minimum absolute atomic E-state index is 0.0588. The molecule has 3 rings (SSSR count). The van der Waals surface area contributed by atoms with E-state index in [9.17, 15) is 20.1 Å². The summed E-state index contributed by atoms with van der Waals surface area (Å²) in [5, 5.41) is 37.0. The molecule has 58 heavy (non-hydrogen) atoms. The van der Waals surface area contributed by atoms with E-state index in [1.165, 1.54) is 0 Å². The Morgan fingerprint density at radius 2 is 1.52 bits per heavy atom. The maximum atomic E-state index is 14.7. The Morgan fingerprint density at radius 3 is 2.03 bits per heavy atom. The van der Waals surface area contributed by atoms with Gasteiger partial charge in [-0.1, -0.05) is 62.3 Å². The van der Waals surface area contributed by atoms with Gasteiger partial charge in [-0.15, -0.1) is 0 Å². The lowest BCUT2D eigenvalue weighted by Crippen LogP contribution is -2.63. The van der Waals surface area contributed by atoms with Crippen molar-refractivity contribution in [3.05, 3.63) is 0 Å². The summed E-state index contributed by atoms with van der Waals surface area (Å²) >= 11 is 0. The van der Waals surface area contributed by atoms with E-state index in [-0.39, 0.29) is 46.6 Å². The number of esters is 1. The highest BCUT2D eigenvalue weighted by atomic mass is 28.4. The van der Waals surface area contributed by atoms with Gasteiger partial charge in [-0.05, 0) is 117 Å². The number of carbonyl (C=O) groups is 1. The lowest BCUT2D eigenvalue weighted by Gasteiger charge is -2.49. The fourth-order valence-electron chi connectivity index (χ4n) is 9.57. The van der Waals surface area contributed by atoms with Gasteiger partial charge in [0.2, 0.25) is 0 Å². The van der Waals surface area contributed by atoms with Gasteiger partial charge in [0.25, 0.3) is 0 Å². The molecule has 17 atom stereocenters. The van der Waals surface area contributed by atoms with Crippen LogP contribution in [0.25, 0.3) is 0 Å². The van der Waals surface area contributed by atoms with E-state index < -0.39 is 80.4 Å². The molecule has 0 bridgehead atoms. The average molecular weight is 845 g/mol. The quantitative estimate of drug-likeness (QED) is 0.175. The van der Waals surface area contributed by atoms with E-state index >= 15 is 0 Å². The number of likely N-dealkylation sites (N-methyl/N-ethyl adjacent to an activating group) is 2. The van der Waals surface area contributed by atoms with Crippen LogP contribution in [0, 0.1) is 29.1 Å². The lowest BCUT2D eigenvalue weighted by molar-refractivity contribution is -0.310. The Morgan fingerprint density at radius 1 is 0.931 bits per heavy atom. The van der Waals surface area contributed by atoms with Crippen molar-refractivity contribution in [3.63, 3.8) is 0 Å². The number of aliphatic hydroxyl groups is 3. The summed E-state index contributed by atoms with van der Waals surface area (Å²) in [6, 6.07) is -0.520. The third-order valence-corrected chi connectivity index (χ3v) is 19.4. The minimum Gasteiger partial charge on any atom is -0.459 e. The molecule has 0 aromatic rings. The molecule has 3 heterocycles. The zero-order chi connectivity index (χ0) is 44.7. The van der Waals surface area contributed by atoms with Crippen molar-refractivity contribution >= 4 is 14.3 Å². The molecule has 0 spiro atoms. The molecule has 342 valence electrons. The zero-order valence-corrected chi connectivity index (χ0v) is 41.3. The predicted octanol–water partition coefficient (Wildman–Crippen LogP) is 6.83. The Kier molecular flexibility index (Phi) is 17.2. The molecule has 3 fully saturated rings. The Hall–Kier alpha value is -0.713. The van der Waals surface area contributed by atoms with Crippen molar-refractivity contribution in [2.75, 3.05) is 27.7 Å². The monoisotopic (exact) mass is 845 g/mol. The van der Waals surface area contributed by atoms with Crippen LogP contribution in [-0.4, -0.2) is 146 Å². The maximum Gasteiger partial charge on any atom is 0.311 e. The lowest BCUT2D eigenvalue weighted by atomic mass is 9.72. The minimum atomic E-state index is -2.46. The van der Waals surface area contributed by atoms with E-state index in [4.69, 9.17) is 28.1 Å². The summed E-state index contributed by atoms with van der Waals surface area (Å²) in [6.07, 6.45) is -4.52. The number of ether oxygens (including phenoxy) is 5. The molecule has 0 radical (unpaired) electrons. The molecule has 12 nitrogen and oxygen atoms in total. The molecule has 0 amide bonds. The van der Waals surface area contributed by atoms with Crippen molar-refractivity contribution in [1.29, 1.82) is 0 Å². The second kappa shape index (κ2) is 19.4. The van der Waals surface area contributed by atoms with Gasteiger partial charge in [-0.2, -0.15) is 0 Å². The van der Waals surface area contributed by atoms with Gasteiger partial charge in [0.15, 0.2) is 20.9 Å². The van der Waals surface area contributed by atoms with E-state index in [0.717, 1.165) is 0 Å². The van der Waals surface area contributed by atoms with Crippen LogP contribution in [0.3, 0.4) is 0 Å². The van der Waals surface area contributed by atoms with Crippen LogP contribution in [0.2, 0.25) is 18.1 Å². The topological polar surface area (TPSA) is 140 Å². The van der Waals surface area contributed by atoms with Gasteiger partial charge in [0.1, 0.15) is 17.8 Å². The molecule has 3 aliphatic rings. The molecule has 0 aromatic carbocycles. The van der Waals surface area contributed by atoms with Gasteiger partial charge in [-0.3, -0.25) is 4.79 Å². The molecule has 3 saturated heterocycles. The van der Waals surface area contributed by atoms with Crippen LogP contribution < -0.4 is 0 Å². The molecule has 0 aliphatic carbocycles. The number of rotatable bonds is 8. The standard InChI is InChI=1S/C45H88N2O10Si/c1-21-34-45(15,51)39(57-58(19,20)42(9,10)11)31(7)47(18)25-26(2)23-44(14,50)38(56-41-36(48)33(46(16)17)22-27(3)52-41)28(4)37(29(5)40(49)54-34)55-35-24-43(12,13)30(6)32(8)53-35/h26-39,41,48,50-51H,21-25H2,1-20H3/t26-,27-,28+,29-,30+,31-,32+,33+,34-,35?,36-,37+,38-,39-,41?,44-,45-/m1/s1. The summed E-state index contributed by atoms with van der Waals surface area (Å²) in [6.45, 7) is 35.4. The zero-order valence-electron chi connectivity index (χ0n) is 40.3. The number of aliphatic hydroxyl groups excluding tert-OH is 1. The third kappa shape index (κ3) is 11.8. The Labute approximate surface area is 354 Å². The number of carbonyl (C=O) groups excluding carboxylic acids is 1. The van der Waals surface area contributed by atoms with E-state index in [0.29, 0.717) is 32.2 Å². The van der Waals surface area contributed by atoms with Gasteiger partial charge < -0.3 is 53.2 Å². The molecular weight excluding hydrogens is 757 g/mol.